The summed E-state index contributed by atoms with van der Waals surface area (Å²) >= 11 is -0.0664. The number of carbonyl (C=O) groups is 2. The molecule has 0 unspecified atom stereocenters. The molecule has 0 atom stereocenters. The van der Waals surface area contributed by atoms with Gasteiger partial charge in [-0.05, 0) is 0 Å². The molecule has 0 N–H and O–H groups in total. The molecule has 0 bridgehead atoms. The second kappa shape index (κ2) is 13.6. The van der Waals surface area contributed by atoms with Crippen LogP contribution in [0.15, 0.2) is 30.5 Å². The van der Waals surface area contributed by atoms with Gasteiger partial charge in [-0.3, -0.25) is 0 Å². The van der Waals surface area contributed by atoms with Gasteiger partial charge in [0.25, 0.3) is 0 Å². The van der Waals surface area contributed by atoms with Crippen molar-refractivity contribution in [3.63, 3.8) is 0 Å². The van der Waals surface area contributed by atoms with Gasteiger partial charge in [-0.2, -0.15) is 0 Å². The molecule has 1 aromatic heterocycles. The van der Waals surface area contributed by atoms with Crippen LogP contribution in [0.5, 0.6) is 5.75 Å². The first-order valence-electron chi connectivity index (χ1n) is 13.8. The van der Waals surface area contributed by atoms with Crippen molar-refractivity contribution in [1.29, 1.82) is 0 Å². The first-order valence-corrected chi connectivity index (χ1v) is 15.5. The first kappa shape index (κ1) is 30.2. The molecule has 0 radical (unpaired) electrons. The van der Waals surface area contributed by atoms with Crippen molar-refractivity contribution in [1.82, 2.24) is 4.98 Å². The fourth-order valence-electron chi connectivity index (χ4n) is 4.84. The standard InChI is InChI=1S/C31H43NO5Se/c1-7-36-29(34)22-14-15-27(32-21-22)38-26-20-24-23(30(2,3)16-17-31(24,4)5)19-25(26)37-18-12-10-8-9-11-13-28(33)35-6/h14-15,19-21H,7-13,16-18H2,1-6H3. The van der Waals surface area contributed by atoms with Gasteiger partial charge in [-0.15, -0.1) is 0 Å². The minimum absolute atomic E-state index is 0.0664. The number of ether oxygens (including phenoxy) is 3. The summed E-state index contributed by atoms with van der Waals surface area (Å²) in [6.45, 7) is 12.2. The Balaban J connectivity index is 1.74. The number of methoxy groups -OCH3 is 1. The van der Waals surface area contributed by atoms with Gasteiger partial charge >= 0.3 is 228 Å². The predicted molar refractivity (Wildman–Crippen MR) is 152 cm³/mol. The summed E-state index contributed by atoms with van der Waals surface area (Å²) in [5.41, 5.74) is 3.49. The van der Waals surface area contributed by atoms with Crippen LogP contribution in [0.2, 0.25) is 0 Å². The van der Waals surface area contributed by atoms with E-state index in [1.165, 1.54) is 22.7 Å². The molecule has 208 valence electrons. The van der Waals surface area contributed by atoms with Gasteiger partial charge in [0.15, 0.2) is 0 Å². The first-order chi connectivity index (χ1) is 18.1. The zero-order chi connectivity index (χ0) is 27.8. The van der Waals surface area contributed by atoms with E-state index in [4.69, 9.17) is 14.2 Å². The van der Waals surface area contributed by atoms with Crippen molar-refractivity contribution in [2.24, 2.45) is 0 Å². The molecule has 38 heavy (non-hydrogen) atoms. The van der Waals surface area contributed by atoms with E-state index in [1.807, 2.05) is 6.07 Å². The van der Waals surface area contributed by atoms with E-state index in [9.17, 15) is 9.59 Å². The van der Waals surface area contributed by atoms with Crippen LogP contribution in [0.1, 0.15) is 107 Å². The maximum absolute atomic E-state index is 12.0. The second-order valence-corrected chi connectivity index (χ2v) is 13.5. The number of fused-ring (bicyclic) bond motifs is 1. The molecule has 6 nitrogen and oxygen atoms in total. The molecule has 2 aromatic rings. The van der Waals surface area contributed by atoms with Gasteiger partial charge in [-0.1, -0.05) is 0 Å². The van der Waals surface area contributed by atoms with Crippen LogP contribution in [0, 0.1) is 0 Å². The Bertz CT molecular complexity index is 1090. The summed E-state index contributed by atoms with van der Waals surface area (Å²) in [4.78, 5) is 27.9. The number of nitrogens with zero attached hydrogens (tertiary/aromatic N) is 1. The summed E-state index contributed by atoms with van der Waals surface area (Å²) in [6, 6.07) is 8.38. The molecule has 1 heterocycles. The molecule has 7 heteroatoms. The molecular formula is C31H43NO5Se. The quantitative estimate of drug-likeness (QED) is 0.183. The van der Waals surface area contributed by atoms with Gasteiger partial charge in [0, 0.05) is 0 Å². The molecule has 0 fully saturated rings. The van der Waals surface area contributed by atoms with Crippen molar-refractivity contribution in [2.45, 2.75) is 96.8 Å². The fraction of sp³-hybridized carbons (Fsp3) is 0.581. The van der Waals surface area contributed by atoms with Crippen LogP contribution < -0.4 is 13.8 Å². The topological polar surface area (TPSA) is 74.7 Å². The number of rotatable bonds is 13. The Labute approximate surface area is 234 Å². The van der Waals surface area contributed by atoms with Crippen LogP contribution in [0.4, 0.5) is 0 Å². The average molecular weight is 589 g/mol. The van der Waals surface area contributed by atoms with Crippen molar-refractivity contribution in [3.05, 3.63) is 47.2 Å². The average Bonchev–Trinajstić information content (AvgIpc) is 2.89. The number of pyridine rings is 1. The van der Waals surface area contributed by atoms with Gasteiger partial charge in [0.05, 0.1) is 7.11 Å². The van der Waals surface area contributed by atoms with Crippen molar-refractivity contribution in [2.75, 3.05) is 20.3 Å². The fourth-order valence-corrected chi connectivity index (χ4v) is 6.65. The molecule has 0 amide bonds. The molecule has 3 rings (SSSR count). The van der Waals surface area contributed by atoms with Crippen LogP contribution in [-0.2, 0) is 25.1 Å². The molecule has 1 aliphatic carbocycles. The van der Waals surface area contributed by atoms with Crippen LogP contribution >= 0.6 is 0 Å². The second-order valence-electron chi connectivity index (χ2n) is 11.3. The number of hydrogen-bond acceptors (Lipinski definition) is 6. The van der Waals surface area contributed by atoms with E-state index in [2.05, 4.69) is 44.8 Å². The summed E-state index contributed by atoms with van der Waals surface area (Å²) in [6.07, 6.45) is 9.44. The molecular weight excluding hydrogens is 545 g/mol. The molecule has 0 saturated heterocycles. The maximum atomic E-state index is 12.0. The van der Waals surface area contributed by atoms with E-state index in [0.717, 1.165) is 55.3 Å². The van der Waals surface area contributed by atoms with Gasteiger partial charge in [-0.25, -0.2) is 0 Å². The minimum atomic E-state index is -0.342. The Kier molecular flexibility index (Phi) is 10.8. The number of carbonyl (C=O) groups excluding carboxylic acids is 2. The normalized spacial score (nSPS) is 15.4. The monoisotopic (exact) mass is 589 g/mol. The van der Waals surface area contributed by atoms with Crippen molar-refractivity contribution < 1.29 is 23.8 Å². The molecule has 0 spiro atoms. The summed E-state index contributed by atoms with van der Waals surface area (Å²) in [7, 11) is 1.44. The van der Waals surface area contributed by atoms with E-state index in [1.54, 1.807) is 19.2 Å². The van der Waals surface area contributed by atoms with E-state index in [0.29, 0.717) is 25.2 Å². The Morgan fingerprint density at radius 1 is 0.947 bits per heavy atom. The summed E-state index contributed by atoms with van der Waals surface area (Å²) in [5, 5.41) is 0. The number of hydrogen-bond donors (Lipinski definition) is 0. The molecule has 0 saturated carbocycles. The number of unbranched alkanes of at least 4 members (excludes halogenated alkanes) is 4. The number of esters is 2. The summed E-state index contributed by atoms with van der Waals surface area (Å²) < 4.78 is 18.4. The van der Waals surface area contributed by atoms with E-state index >= 15 is 0 Å². The Hall–Kier alpha value is -2.37. The Morgan fingerprint density at radius 2 is 1.61 bits per heavy atom. The van der Waals surface area contributed by atoms with Gasteiger partial charge in [0.1, 0.15) is 0 Å². The van der Waals surface area contributed by atoms with E-state index in [-0.39, 0.29) is 37.7 Å². The molecule has 1 aromatic carbocycles. The predicted octanol–water partition coefficient (Wildman–Crippen LogP) is 5.15. The molecule has 1 aliphatic rings. The van der Waals surface area contributed by atoms with Crippen molar-refractivity contribution >= 4 is 35.9 Å². The third kappa shape index (κ3) is 8.07. The summed E-state index contributed by atoms with van der Waals surface area (Å²) in [5.74, 6) is 0.480. The van der Waals surface area contributed by atoms with E-state index < -0.39 is 0 Å². The van der Waals surface area contributed by atoms with Crippen LogP contribution in [0.25, 0.3) is 0 Å². The van der Waals surface area contributed by atoms with Crippen LogP contribution in [-0.4, -0.2) is 52.2 Å². The van der Waals surface area contributed by atoms with Crippen molar-refractivity contribution in [3.8, 4) is 5.75 Å². The van der Waals surface area contributed by atoms with Gasteiger partial charge < -0.3 is 0 Å². The zero-order valence-electron chi connectivity index (χ0n) is 23.9. The third-order valence-corrected chi connectivity index (χ3v) is 9.47. The Morgan fingerprint density at radius 3 is 2.24 bits per heavy atom. The van der Waals surface area contributed by atoms with Gasteiger partial charge in [0.2, 0.25) is 0 Å². The zero-order valence-corrected chi connectivity index (χ0v) is 25.6. The molecule has 0 aliphatic heterocycles. The third-order valence-electron chi connectivity index (χ3n) is 7.39. The number of benzene rings is 1. The number of aromatic nitrogens is 1. The van der Waals surface area contributed by atoms with Crippen LogP contribution in [0.3, 0.4) is 0 Å². The SMILES string of the molecule is CCOC(=O)c1ccc([Se]c2cc3c(cc2OCCCCCCCC(=O)OC)C(C)(C)CCC3(C)C)nc1.